The Hall–Kier alpha value is -3.24. The van der Waals surface area contributed by atoms with Gasteiger partial charge < -0.3 is 25.6 Å². The molecule has 4 N–H and O–H groups in total. The van der Waals surface area contributed by atoms with Gasteiger partial charge in [0.1, 0.15) is 11.9 Å². The molecule has 1 unspecified atom stereocenters. The fourth-order valence-electron chi connectivity index (χ4n) is 3.86. The molecule has 8 nitrogen and oxygen atoms in total. The highest BCUT2D eigenvalue weighted by atomic mass is 32.2. The topological polar surface area (TPSA) is 125 Å². The molecule has 0 heterocycles. The summed E-state index contributed by atoms with van der Waals surface area (Å²) >= 11 is 0. The van der Waals surface area contributed by atoms with Gasteiger partial charge in [-0.05, 0) is 48.2 Å². The van der Waals surface area contributed by atoms with Crippen LogP contribution in [-0.2, 0) is 27.6 Å². The number of aliphatic hydroxyl groups excluding tert-OH is 2. The van der Waals surface area contributed by atoms with E-state index in [0.29, 0.717) is 13.0 Å². The van der Waals surface area contributed by atoms with Crippen LogP contribution in [0.25, 0.3) is 0 Å². The fraction of sp³-hybridized carbons (Fsp3) is 0.321. The molecule has 0 aliphatic rings. The molecule has 3 aromatic rings. The van der Waals surface area contributed by atoms with Crippen LogP contribution < -0.4 is 15.4 Å². The van der Waals surface area contributed by atoms with E-state index in [1.54, 1.807) is 25.3 Å². The average Bonchev–Trinajstić information content (AvgIpc) is 2.92. The molecule has 0 saturated heterocycles. The van der Waals surface area contributed by atoms with Crippen LogP contribution in [0.3, 0.4) is 0 Å². The van der Waals surface area contributed by atoms with E-state index in [0.717, 1.165) is 16.9 Å². The van der Waals surface area contributed by atoms with Crippen LogP contribution in [0.15, 0.2) is 89.8 Å². The molecule has 3 aromatic carbocycles. The Labute approximate surface area is 218 Å². The highest BCUT2D eigenvalue weighted by Crippen LogP contribution is 2.14. The first kappa shape index (κ1) is 28.3. The van der Waals surface area contributed by atoms with E-state index < -0.39 is 34.0 Å². The number of amides is 1. The number of sulfone groups is 1. The highest BCUT2D eigenvalue weighted by molar-refractivity contribution is 7.91. The number of nitrogens with one attached hydrogen (secondary N) is 2. The van der Waals surface area contributed by atoms with Crippen molar-refractivity contribution in [2.24, 2.45) is 0 Å². The molecule has 1 amide bonds. The minimum absolute atomic E-state index is 0.141. The lowest BCUT2D eigenvalue weighted by molar-refractivity contribution is -0.131. The van der Waals surface area contributed by atoms with Crippen LogP contribution in [0.4, 0.5) is 0 Å². The Morgan fingerprint density at radius 1 is 0.919 bits per heavy atom. The number of hydrogen-bond donors (Lipinski definition) is 4. The third kappa shape index (κ3) is 8.98. The van der Waals surface area contributed by atoms with Gasteiger partial charge in [0, 0.05) is 13.1 Å². The molecule has 0 radical (unpaired) electrons. The average molecular weight is 527 g/mol. The van der Waals surface area contributed by atoms with Gasteiger partial charge in [0.25, 0.3) is 0 Å². The van der Waals surface area contributed by atoms with Crippen molar-refractivity contribution >= 4 is 15.7 Å². The van der Waals surface area contributed by atoms with E-state index in [1.807, 2.05) is 54.6 Å². The molecule has 3 atom stereocenters. The molecule has 0 aliphatic carbocycles. The van der Waals surface area contributed by atoms with Crippen molar-refractivity contribution in [3.05, 3.63) is 96.1 Å². The zero-order valence-electron chi connectivity index (χ0n) is 20.8. The molecule has 0 fully saturated rings. The largest absolute Gasteiger partial charge is 0.497 e. The summed E-state index contributed by atoms with van der Waals surface area (Å²) in [4.78, 5) is 12.9. The van der Waals surface area contributed by atoms with Crippen LogP contribution >= 0.6 is 0 Å². The normalized spacial score (nSPS) is 13.9. The second-order valence-corrected chi connectivity index (χ2v) is 10.9. The van der Waals surface area contributed by atoms with E-state index in [2.05, 4.69) is 10.6 Å². The van der Waals surface area contributed by atoms with Crippen LogP contribution in [0.1, 0.15) is 17.5 Å². The molecule has 0 aliphatic heterocycles. The number of methoxy groups -OCH3 is 1. The van der Waals surface area contributed by atoms with Gasteiger partial charge in [-0.3, -0.25) is 4.79 Å². The summed E-state index contributed by atoms with van der Waals surface area (Å²) in [6, 6.07) is 24.1. The van der Waals surface area contributed by atoms with Crippen LogP contribution in [0, 0.1) is 0 Å². The lowest BCUT2D eigenvalue weighted by Gasteiger charge is -2.26. The van der Waals surface area contributed by atoms with Crippen molar-refractivity contribution in [3.8, 4) is 5.75 Å². The fourth-order valence-corrected chi connectivity index (χ4v) is 5.20. The van der Waals surface area contributed by atoms with Gasteiger partial charge in [-0.15, -0.1) is 0 Å². The van der Waals surface area contributed by atoms with Gasteiger partial charge in [0.2, 0.25) is 5.91 Å². The smallest absolute Gasteiger partial charge is 0.249 e. The lowest BCUT2D eigenvalue weighted by atomic mass is 10.0. The minimum Gasteiger partial charge on any atom is -0.497 e. The Bertz CT molecular complexity index is 1220. The first-order valence-corrected chi connectivity index (χ1v) is 13.8. The zero-order chi connectivity index (χ0) is 26.7. The number of hydrogen-bond acceptors (Lipinski definition) is 7. The number of carbonyl (C=O) groups is 1. The molecule has 0 aromatic heterocycles. The van der Waals surface area contributed by atoms with Crippen molar-refractivity contribution < 1.29 is 28.2 Å². The van der Waals surface area contributed by atoms with Crippen molar-refractivity contribution in [3.63, 3.8) is 0 Å². The Kier molecular flexibility index (Phi) is 10.6. The monoisotopic (exact) mass is 526 g/mol. The lowest BCUT2D eigenvalue weighted by Crippen LogP contribution is -2.51. The number of benzene rings is 3. The van der Waals surface area contributed by atoms with Crippen LogP contribution in [0.2, 0.25) is 0 Å². The van der Waals surface area contributed by atoms with Crippen molar-refractivity contribution in [2.45, 2.75) is 42.5 Å². The van der Waals surface area contributed by atoms with Crippen molar-refractivity contribution in [1.29, 1.82) is 0 Å². The standard InChI is InChI=1S/C28H34N2O6S/c1-36-23-12-8-11-22(17-23)19-29-20-27(32)25(18-21-9-4-2-5-10-21)30-28(33)26(31)15-16-37(34,35)24-13-6-3-7-14-24/h2-14,17,25-27,29,31-32H,15-16,18-20H2,1H3,(H,30,33)/t25-,26?,27-/m0/s1. The maximum absolute atomic E-state index is 12.8. The molecular weight excluding hydrogens is 492 g/mol. The van der Waals surface area contributed by atoms with E-state index >= 15 is 0 Å². The molecule has 3 rings (SSSR count). The second kappa shape index (κ2) is 13.9. The predicted octanol–water partition coefficient (Wildman–Crippen LogP) is 2.10. The summed E-state index contributed by atoms with van der Waals surface area (Å²) in [6.45, 7) is 0.674. The van der Waals surface area contributed by atoms with E-state index in [-0.39, 0.29) is 23.6 Å². The molecular formula is C28H34N2O6S. The molecule has 37 heavy (non-hydrogen) atoms. The summed E-state index contributed by atoms with van der Waals surface area (Å²) in [7, 11) is -2.04. The van der Waals surface area contributed by atoms with Gasteiger partial charge in [0.15, 0.2) is 9.84 Å². The SMILES string of the molecule is COc1cccc(CNC[C@H](O)[C@H](Cc2ccccc2)NC(=O)C(O)CCS(=O)(=O)c2ccccc2)c1. The summed E-state index contributed by atoms with van der Waals surface area (Å²) in [5.41, 5.74) is 1.88. The van der Waals surface area contributed by atoms with Gasteiger partial charge in [-0.2, -0.15) is 0 Å². The first-order valence-electron chi connectivity index (χ1n) is 12.1. The summed E-state index contributed by atoms with van der Waals surface area (Å²) in [6.07, 6.45) is -2.42. The van der Waals surface area contributed by atoms with E-state index in [1.165, 1.54) is 12.1 Å². The van der Waals surface area contributed by atoms with Crippen LogP contribution in [-0.4, -0.2) is 62.2 Å². The van der Waals surface area contributed by atoms with Gasteiger partial charge in [-0.25, -0.2) is 8.42 Å². The molecule has 198 valence electrons. The highest BCUT2D eigenvalue weighted by Gasteiger charge is 2.26. The predicted molar refractivity (Wildman–Crippen MR) is 142 cm³/mol. The summed E-state index contributed by atoms with van der Waals surface area (Å²) < 4.78 is 30.2. The van der Waals surface area contributed by atoms with Crippen molar-refractivity contribution in [2.75, 3.05) is 19.4 Å². The summed E-state index contributed by atoms with van der Waals surface area (Å²) in [5, 5.41) is 27.2. The number of rotatable bonds is 14. The summed E-state index contributed by atoms with van der Waals surface area (Å²) in [5.74, 6) is -0.368. The maximum atomic E-state index is 12.8. The second-order valence-electron chi connectivity index (χ2n) is 8.79. The molecule has 9 heteroatoms. The van der Waals surface area contributed by atoms with Crippen LogP contribution in [0.5, 0.6) is 5.75 Å². The number of aliphatic hydroxyl groups is 2. The van der Waals surface area contributed by atoms with E-state index in [9.17, 15) is 23.4 Å². The quantitative estimate of drug-likeness (QED) is 0.254. The Balaban J connectivity index is 1.59. The molecule has 0 saturated carbocycles. The van der Waals surface area contributed by atoms with Crippen molar-refractivity contribution in [1.82, 2.24) is 10.6 Å². The zero-order valence-corrected chi connectivity index (χ0v) is 21.6. The minimum atomic E-state index is -3.63. The Morgan fingerprint density at radius 3 is 2.24 bits per heavy atom. The third-order valence-electron chi connectivity index (χ3n) is 5.97. The molecule has 0 spiro atoms. The third-order valence-corrected chi connectivity index (χ3v) is 7.74. The molecule has 0 bridgehead atoms. The van der Waals surface area contributed by atoms with E-state index in [4.69, 9.17) is 4.74 Å². The first-order chi connectivity index (χ1) is 17.8. The maximum Gasteiger partial charge on any atom is 0.249 e. The van der Waals surface area contributed by atoms with Gasteiger partial charge in [0.05, 0.1) is 29.9 Å². The number of ether oxygens (including phenoxy) is 1. The number of carbonyl (C=O) groups excluding carboxylic acids is 1. The van der Waals surface area contributed by atoms with Gasteiger partial charge >= 0.3 is 0 Å². The Morgan fingerprint density at radius 2 is 1.57 bits per heavy atom. The van der Waals surface area contributed by atoms with Gasteiger partial charge in [-0.1, -0.05) is 60.7 Å².